The number of nitrogens with zero attached hydrogens (tertiary/aromatic N) is 4. The molecule has 0 aliphatic carbocycles. The number of aromatic nitrogens is 3. The zero-order valence-electron chi connectivity index (χ0n) is 16.4. The van der Waals surface area contributed by atoms with Crippen LogP contribution in [0.5, 0.6) is 11.5 Å². The fourth-order valence-electron chi connectivity index (χ4n) is 2.91. The van der Waals surface area contributed by atoms with Gasteiger partial charge in [0.05, 0.1) is 20.4 Å². The number of hydrogen-bond acceptors (Lipinski definition) is 7. The minimum absolute atomic E-state index is 0.574. The van der Waals surface area contributed by atoms with E-state index in [4.69, 9.17) is 9.47 Å². The summed E-state index contributed by atoms with van der Waals surface area (Å²) in [5.74, 6) is 2.72. The molecule has 0 unspecified atom stereocenters. The van der Waals surface area contributed by atoms with E-state index in [9.17, 15) is 0 Å². The van der Waals surface area contributed by atoms with Crippen molar-refractivity contribution in [1.29, 1.82) is 0 Å². The Morgan fingerprint density at radius 1 is 1.00 bits per heavy atom. The lowest BCUT2D eigenvalue weighted by atomic mass is 10.1. The lowest BCUT2D eigenvalue weighted by molar-refractivity contribution is 0.354. The van der Waals surface area contributed by atoms with Crippen LogP contribution >= 0.6 is 0 Å². The molecule has 1 N–H and O–H groups in total. The quantitative estimate of drug-likeness (QED) is 0.608. The van der Waals surface area contributed by atoms with Crippen molar-refractivity contribution in [2.24, 2.45) is 0 Å². The number of ether oxygens (including phenoxy) is 2. The summed E-state index contributed by atoms with van der Waals surface area (Å²) in [5.41, 5.74) is 2.18. The maximum Gasteiger partial charge on any atom is 0.251 e. The maximum absolute atomic E-state index is 5.36. The summed E-state index contributed by atoms with van der Waals surface area (Å²) >= 11 is 0. The van der Waals surface area contributed by atoms with Gasteiger partial charge in [-0.1, -0.05) is 24.3 Å². The van der Waals surface area contributed by atoms with Gasteiger partial charge in [0.15, 0.2) is 17.3 Å². The molecule has 0 saturated heterocycles. The van der Waals surface area contributed by atoms with Crippen molar-refractivity contribution in [3.8, 4) is 11.5 Å². The third-order valence-corrected chi connectivity index (χ3v) is 4.34. The molecule has 3 rings (SSSR count). The van der Waals surface area contributed by atoms with E-state index in [0.29, 0.717) is 18.3 Å². The van der Waals surface area contributed by atoms with Crippen LogP contribution in [0.2, 0.25) is 0 Å². The number of benzene rings is 2. The molecule has 0 bridgehead atoms. The minimum Gasteiger partial charge on any atom is -0.493 e. The van der Waals surface area contributed by atoms with E-state index in [1.807, 2.05) is 53.4 Å². The maximum atomic E-state index is 5.36. The van der Waals surface area contributed by atoms with Crippen LogP contribution in [-0.4, -0.2) is 42.5 Å². The molecule has 0 atom stereocenters. The van der Waals surface area contributed by atoms with Gasteiger partial charge in [-0.3, -0.25) is 0 Å². The topological polar surface area (TPSA) is 72.4 Å². The monoisotopic (exact) mass is 379 g/mol. The van der Waals surface area contributed by atoms with Crippen molar-refractivity contribution in [2.45, 2.75) is 13.3 Å². The summed E-state index contributed by atoms with van der Waals surface area (Å²) in [6, 6.07) is 16.0. The molecule has 1 heterocycles. The Balaban J connectivity index is 1.65. The molecule has 3 aromatic rings. The number of anilines is 3. The molecular weight excluding hydrogens is 354 g/mol. The molecule has 0 aliphatic heterocycles. The summed E-state index contributed by atoms with van der Waals surface area (Å²) in [7, 11) is 3.27. The fraction of sp³-hybridized carbons (Fsp3) is 0.286. The van der Waals surface area contributed by atoms with Crippen molar-refractivity contribution in [1.82, 2.24) is 15.2 Å². The van der Waals surface area contributed by atoms with E-state index < -0.39 is 0 Å². The fourth-order valence-corrected chi connectivity index (χ4v) is 2.91. The summed E-state index contributed by atoms with van der Waals surface area (Å²) < 4.78 is 10.6. The van der Waals surface area contributed by atoms with Gasteiger partial charge in [0, 0.05) is 18.8 Å². The second-order valence-corrected chi connectivity index (χ2v) is 6.09. The van der Waals surface area contributed by atoms with Crippen LogP contribution in [0.3, 0.4) is 0 Å². The Hall–Kier alpha value is -3.35. The first kappa shape index (κ1) is 19.4. The van der Waals surface area contributed by atoms with Crippen LogP contribution in [0.15, 0.2) is 54.7 Å². The van der Waals surface area contributed by atoms with Gasteiger partial charge < -0.3 is 19.7 Å². The molecule has 0 amide bonds. The number of hydrogen-bond donors (Lipinski definition) is 1. The Morgan fingerprint density at radius 2 is 1.79 bits per heavy atom. The second kappa shape index (κ2) is 9.55. The molecule has 146 valence electrons. The average molecular weight is 379 g/mol. The van der Waals surface area contributed by atoms with Crippen LogP contribution in [-0.2, 0) is 6.42 Å². The van der Waals surface area contributed by atoms with Crippen molar-refractivity contribution < 1.29 is 9.47 Å². The second-order valence-electron chi connectivity index (χ2n) is 6.09. The van der Waals surface area contributed by atoms with Gasteiger partial charge in [0.2, 0.25) is 0 Å². The Bertz CT molecular complexity index is 889. The molecule has 7 heteroatoms. The molecule has 0 radical (unpaired) electrons. The summed E-state index contributed by atoms with van der Waals surface area (Å²) in [4.78, 5) is 6.63. The van der Waals surface area contributed by atoms with Crippen LogP contribution < -0.4 is 19.7 Å². The van der Waals surface area contributed by atoms with E-state index >= 15 is 0 Å². The van der Waals surface area contributed by atoms with Gasteiger partial charge in [-0.25, -0.2) is 0 Å². The van der Waals surface area contributed by atoms with E-state index in [2.05, 4.69) is 27.4 Å². The first-order valence-electron chi connectivity index (χ1n) is 9.22. The van der Waals surface area contributed by atoms with Crippen LogP contribution in [0.1, 0.15) is 12.5 Å². The SMILES string of the molecule is CCN(c1ccccc1)c1nncc(NCCc2ccc(OC)c(OC)c2)n1. The van der Waals surface area contributed by atoms with Crippen molar-refractivity contribution in [3.05, 3.63) is 60.3 Å². The largest absolute Gasteiger partial charge is 0.493 e. The predicted octanol–water partition coefficient (Wildman–Crippen LogP) is 3.70. The van der Waals surface area contributed by atoms with Crippen LogP contribution in [0, 0.1) is 0 Å². The van der Waals surface area contributed by atoms with E-state index in [-0.39, 0.29) is 0 Å². The summed E-state index contributed by atoms with van der Waals surface area (Å²) in [6.07, 6.45) is 2.45. The highest BCUT2D eigenvalue weighted by Crippen LogP contribution is 2.27. The number of methoxy groups -OCH3 is 2. The smallest absolute Gasteiger partial charge is 0.251 e. The van der Waals surface area contributed by atoms with Crippen molar-refractivity contribution in [2.75, 3.05) is 37.5 Å². The molecular formula is C21H25N5O2. The molecule has 0 saturated carbocycles. The van der Waals surface area contributed by atoms with Crippen LogP contribution in [0.25, 0.3) is 0 Å². The van der Waals surface area contributed by atoms with Gasteiger partial charge >= 0.3 is 0 Å². The third kappa shape index (κ3) is 4.68. The molecule has 2 aromatic carbocycles. The van der Waals surface area contributed by atoms with Gasteiger partial charge in [-0.15, -0.1) is 5.10 Å². The molecule has 0 spiro atoms. The average Bonchev–Trinajstić information content (AvgIpc) is 2.75. The standard InChI is InChI=1S/C21H25N5O2/c1-4-26(17-8-6-5-7-9-17)21-24-20(15-23-25-21)22-13-12-16-10-11-18(27-2)19(14-16)28-3/h5-11,14-15H,4,12-13H2,1-3H3,(H,22,24,25). The zero-order valence-corrected chi connectivity index (χ0v) is 16.4. The van der Waals surface area contributed by atoms with E-state index in [1.54, 1.807) is 20.4 Å². The lowest BCUT2D eigenvalue weighted by Gasteiger charge is -2.20. The first-order valence-corrected chi connectivity index (χ1v) is 9.22. The molecule has 7 nitrogen and oxygen atoms in total. The van der Waals surface area contributed by atoms with E-state index in [0.717, 1.165) is 35.7 Å². The van der Waals surface area contributed by atoms with Crippen LogP contribution in [0.4, 0.5) is 17.5 Å². The van der Waals surface area contributed by atoms with Crippen molar-refractivity contribution in [3.63, 3.8) is 0 Å². The number of para-hydroxylation sites is 1. The molecule has 0 fully saturated rings. The van der Waals surface area contributed by atoms with Crippen molar-refractivity contribution >= 4 is 17.5 Å². The normalized spacial score (nSPS) is 10.4. The highest BCUT2D eigenvalue weighted by atomic mass is 16.5. The van der Waals surface area contributed by atoms with Gasteiger partial charge in [0.1, 0.15) is 0 Å². The highest BCUT2D eigenvalue weighted by Gasteiger charge is 2.11. The molecule has 1 aromatic heterocycles. The van der Waals surface area contributed by atoms with Gasteiger partial charge in [0.25, 0.3) is 5.95 Å². The summed E-state index contributed by atoms with van der Waals surface area (Å²) in [5, 5.41) is 11.6. The predicted molar refractivity (Wildman–Crippen MR) is 111 cm³/mol. The third-order valence-electron chi connectivity index (χ3n) is 4.34. The Morgan fingerprint density at radius 3 is 2.50 bits per heavy atom. The highest BCUT2D eigenvalue weighted by molar-refractivity contribution is 5.57. The van der Waals surface area contributed by atoms with Gasteiger partial charge in [-0.05, 0) is 43.2 Å². The van der Waals surface area contributed by atoms with E-state index in [1.165, 1.54) is 0 Å². The number of nitrogens with one attached hydrogen (secondary N) is 1. The molecule has 28 heavy (non-hydrogen) atoms. The first-order chi connectivity index (χ1) is 13.7. The number of rotatable bonds is 9. The molecule has 0 aliphatic rings. The minimum atomic E-state index is 0.574. The zero-order chi connectivity index (χ0) is 19.8. The Labute approximate surface area is 165 Å². The van der Waals surface area contributed by atoms with Gasteiger partial charge in [-0.2, -0.15) is 10.1 Å². The summed E-state index contributed by atoms with van der Waals surface area (Å²) in [6.45, 7) is 3.53. The Kier molecular flexibility index (Phi) is 6.62. The lowest BCUT2D eigenvalue weighted by Crippen LogP contribution is -2.20.